The topological polar surface area (TPSA) is 78.0 Å². The van der Waals surface area contributed by atoms with E-state index < -0.39 is 10.0 Å². The van der Waals surface area contributed by atoms with Crippen molar-refractivity contribution in [3.05, 3.63) is 48.0 Å². The monoisotopic (exact) mass is 513 g/mol. The average molecular weight is 514 g/mol. The summed E-state index contributed by atoms with van der Waals surface area (Å²) in [6.45, 7) is 3.51. The largest absolute Gasteiger partial charge is 0.311 e. The highest BCUT2D eigenvalue weighted by molar-refractivity contribution is 8.00. The Kier molecular flexibility index (Phi) is 6.92. The van der Waals surface area contributed by atoms with Crippen molar-refractivity contribution >= 4 is 45.0 Å². The van der Waals surface area contributed by atoms with Crippen LogP contribution in [0.5, 0.6) is 0 Å². The highest BCUT2D eigenvalue weighted by atomic mass is 32.2. The van der Waals surface area contributed by atoms with Crippen molar-refractivity contribution in [3.63, 3.8) is 0 Å². The number of fused-ring (bicyclic) bond motifs is 2. The second kappa shape index (κ2) is 9.95. The number of hydrogen-bond acceptors (Lipinski definition) is 5. The van der Waals surface area contributed by atoms with E-state index in [1.807, 2.05) is 31.2 Å². The zero-order valence-electron chi connectivity index (χ0n) is 20.0. The van der Waals surface area contributed by atoms with Crippen LogP contribution in [0.4, 0.5) is 11.4 Å². The number of carbonyl (C=O) groups excluding carboxylic acids is 2. The lowest BCUT2D eigenvalue weighted by Crippen LogP contribution is -2.45. The Hall–Kier alpha value is -2.36. The number of para-hydroxylation sites is 1. The number of amides is 2. The van der Waals surface area contributed by atoms with E-state index in [-0.39, 0.29) is 34.9 Å². The highest BCUT2D eigenvalue weighted by Crippen LogP contribution is 2.40. The Balaban J connectivity index is 1.48. The third kappa shape index (κ3) is 4.86. The van der Waals surface area contributed by atoms with Gasteiger partial charge in [0.05, 0.1) is 10.6 Å². The summed E-state index contributed by atoms with van der Waals surface area (Å²) in [7, 11) is -3.66. The van der Waals surface area contributed by atoms with Gasteiger partial charge in [0.2, 0.25) is 21.8 Å². The first-order chi connectivity index (χ1) is 16.8. The summed E-state index contributed by atoms with van der Waals surface area (Å²) >= 11 is 1.55. The minimum Gasteiger partial charge on any atom is -0.311 e. The molecule has 9 heteroatoms. The predicted molar refractivity (Wildman–Crippen MR) is 138 cm³/mol. The molecule has 1 atom stereocenters. The molecule has 2 aromatic rings. The number of piperidine rings is 1. The predicted octanol–water partition coefficient (Wildman–Crippen LogP) is 4.06. The summed E-state index contributed by atoms with van der Waals surface area (Å²) in [5.74, 6) is -0.310. The second-order valence-corrected chi connectivity index (χ2v) is 12.9. The Morgan fingerprint density at radius 1 is 1.00 bits per heavy atom. The number of rotatable bonds is 4. The van der Waals surface area contributed by atoms with Crippen molar-refractivity contribution in [2.24, 2.45) is 0 Å². The molecule has 3 aliphatic rings. The summed E-state index contributed by atoms with van der Waals surface area (Å²) in [6, 6.07) is 12.9. The smallest absolute Gasteiger partial charge is 0.247 e. The van der Waals surface area contributed by atoms with Crippen LogP contribution in [0.1, 0.15) is 44.6 Å². The van der Waals surface area contributed by atoms with Gasteiger partial charge in [-0.3, -0.25) is 9.59 Å². The molecular weight excluding hydrogens is 482 g/mol. The number of anilines is 2. The van der Waals surface area contributed by atoms with E-state index in [0.29, 0.717) is 25.3 Å². The molecular formula is C26H31N3O4S2. The number of carbonyl (C=O) groups is 2. The van der Waals surface area contributed by atoms with E-state index in [1.54, 1.807) is 34.9 Å². The van der Waals surface area contributed by atoms with Crippen LogP contribution in [0, 0.1) is 0 Å². The van der Waals surface area contributed by atoms with Crippen LogP contribution in [0.3, 0.4) is 0 Å². The maximum absolute atomic E-state index is 13.5. The number of aryl methyl sites for hydroxylation is 1. The molecule has 0 aliphatic carbocycles. The van der Waals surface area contributed by atoms with Gasteiger partial charge in [-0.15, -0.1) is 11.8 Å². The molecule has 5 rings (SSSR count). The van der Waals surface area contributed by atoms with E-state index in [2.05, 4.69) is 0 Å². The molecule has 1 saturated heterocycles. The molecule has 0 bridgehead atoms. The van der Waals surface area contributed by atoms with Crippen LogP contribution in [0.25, 0.3) is 0 Å². The van der Waals surface area contributed by atoms with E-state index in [9.17, 15) is 18.0 Å². The summed E-state index contributed by atoms with van der Waals surface area (Å²) < 4.78 is 28.3. The lowest BCUT2D eigenvalue weighted by Gasteiger charge is -2.32. The fraction of sp³-hybridized carbons (Fsp3) is 0.462. The first-order valence-corrected chi connectivity index (χ1v) is 14.7. The number of benzene rings is 2. The van der Waals surface area contributed by atoms with Crippen molar-refractivity contribution < 1.29 is 18.0 Å². The molecule has 3 heterocycles. The fourth-order valence-electron chi connectivity index (χ4n) is 5.16. The molecule has 0 aromatic heterocycles. The van der Waals surface area contributed by atoms with Crippen LogP contribution in [-0.2, 0) is 26.0 Å². The minimum atomic E-state index is -3.66. The van der Waals surface area contributed by atoms with E-state index in [0.717, 1.165) is 48.3 Å². The van der Waals surface area contributed by atoms with Gasteiger partial charge in [-0.05, 0) is 55.5 Å². The molecule has 0 unspecified atom stereocenters. The fourth-order valence-corrected chi connectivity index (χ4v) is 7.79. The number of nitrogens with zero attached hydrogens (tertiary/aromatic N) is 3. The van der Waals surface area contributed by atoms with Crippen LogP contribution in [0.15, 0.2) is 52.3 Å². The van der Waals surface area contributed by atoms with Crippen molar-refractivity contribution in [2.75, 3.05) is 36.0 Å². The van der Waals surface area contributed by atoms with Crippen LogP contribution in [0.2, 0.25) is 0 Å². The molecule has 0 spiro atoms. The molecule has 1 fully saturated rings. The molecule has 0 N–H and O–H groups in total. The van der Waals surface area contributed by atoms with Gasteiger partial charge in [0.15, 0.2) is 0 Å². The molecule has 2 amide bonds. The summed E-state index contributed by atoms with van der Waals surface area (Å²) in [5, 5.41) is 0.0293. The van der Waals surface area contributed by atoms with Crippen molar-refractivity contribution in [2.45, 2.75) is 60.5 Å². The highest BCUT2D eigenvalue weighted by Gasteiger charge is 2.33. The Labute approximate surface area is 211 Å². The Morgan fingerprint density at radius 2 is 1.77 bits per heavy atom. The summed E-state index contributed by atoms with van der Waals surface area (Å²) in [4.78, 5) is 31.1. The molecule has 2 aromatic carbocycles. The van der Waals surface area contributed by atoms with Gasteiger partial charge in [-0.25, -0.2) is 8.42 Å². The van der Waals surface area contributed by atoms with Gasteiger partial charge in [0.25, 0.3) is 0 Å². The SMILES string of the molecule is C[C@@H]1CC(=O)N(CC(=O)N2CCCc3ccccc32)c2cc(S(=O)(=O)N3CCCCC3)ccc2S1. The van der Waals surface area contributed by atoms with Gasteiger partial charge < -0.3 is 9.80 Å². The zero-order valence-corrected chi connectivity index (χ0v) is 21.6. The maximum atomic E-state index is 13.5. The Bertz CT molecular complexity index is 1240. The molecule has 3 aliphatic heterocycles. The van der Waals surface area contributed by atoms with E-state index in [1.165, 1.54) is 9.21 Å². The normalized spacial score (nSPS) is 21.3. The molecule has 0 radical (unpaired) electrons. The summed E-state index contributed by atoms with van der Waals surface area (Å²) in [6.07, 6.45) is 4.84. The van der Waals surface area contributed by atoms with Crippen molar-refractivity contribution in [3.8, 4) is 0 Å². The van der Waals surface area contributed by atoms with Gasteiger partial charge in [-0.2, -0.15) is 4.31 Å². The number of hydrogen-bond donors (Lipinski definition) is 0. The van der Waals surface area contributed by atoms with E-state index in [4.69, 9.17) is 0 Å². The second-order valence-electron chi connectivity index (χ2n) is 9.48. The van der Waals surface area contributed by atoms with Gasteiger partial charge in [0, 0.05) is 41.9 Å². The summed E-state index contributed by atoms with van der Waals surface area (Å²) in [5.41, 5.74) is 2.55. The number of sulfonamides is 1. The van der Waals surface area contributed by atoms with Crippen LogP contribution < -0.4 is 9.80 Å². The van der Waals surface area contributed by atoms with Crippen LogP contribution >= 0.6 is 11.8 Å². The molecule has 35 heavy (non-hydrogen) atoms. The molecule has 7 nitrogen and oxygen atoms in total. The standard InChI is InChI=1S/C26H31N3O4S2/c1-19-16-25(30)29(18-26(31)28-15-7-9-20-8-3-4-10-22(20)28)23-17-21(11-12-24(23)34-19)35(32,33)27-13-5-2-6-14-27/h3-4,8,10-12,17,19H,2,5-7,9,13-16,18H2,1H3/t19-/m1/s1. The van der Waals surface area contributed by atoms with Gasteiger partial charge in [-0.1, -0.05) is 31.5 Å². The maximum Gasteiger partial charge on any atom is 0.247 e. The lowest BCUT2D eigenvalue weighted by atomic mass is 10.0. The molecule has 186 valence electrons. The minimum absolute atomic E-state index is 0.0293. The number of thioether (sulfide) groups is 1. The first-order valence-electron chi connectivity index (χ1n) is 12.3. The first kappa shape index (κ1) is 24.3. The van der Waals surface area contributed by atoms with Crippen LogP contribution in [-0.4, -0.2) is 56.0 Å². The van der Waals surface area contributed by atoms with Crippen molar-refractivity contribution in [1.29, 1.82) is 0 Å². The van der Waals surface area contributed by atoms with Gasteiger partial charge in [0.1, 0.15) is 6.54 Å². The van der Waals surface area contributed by atoms with Gasteiger partial charge >= 0.3 is 0 Å². The zero-order chi connectivity index (χ0) is 24.6. The lowest BCUT2D eigenvalue weighted by molar-refractivity contribution is -0.122. The molecule has 0 saturated carbocycles. The average Bonchev–Trinajstić information content (AvgIpc) is 2.98. The Morgan fingerprint density at radius 3 is 2.57 bits per heavy atom. The quantitative estimate of drug-likeness (QED) is 0.616. The van der Waals surface area contributed by atoms with Crippen molar-refractivity contribution in [1.82, 2.24) is 4.31 Å². The third-order valence-corrected chi connectivity index (χ3v) is 10.0. The third-order valence-electron chi connectivity index (χ3n) is 6.97. The van der Waals surface area contributed by atoms with E-state index >= 15 is 0 Å².